The summed E-state index contributed by atoms with van der Waals surface area (Å²) in [6, 6.07) is 19.5. The van der Waals surface area contributed by atoms with Crippen LogP contribution in [0.15, 0.2) is 66.7 Å². The number of anilines is 1. The van der Waals surface area contributed by atoms with Crippen molar-refractivity contribution in [1.29, 1.82) is 0 Å². The third kappa shape index (κ3) is 7.77. The topological polar surface area (TPSA) is 70.2 Å². The van der Waals surface area contributed by atoms with E-state index in [1.165, 1.54) is 6.08 Å². The Morgan fingerprint density at radius 3 is 2.19 bits per heavy atom. The Morgan fingerprint density at radius 1 is 0.926 bits per heavy atom. The Balaban J connectivity index is 1.73. The molecule has 2 rings (SSSR count). The van der Waals surface area contributed by atoms with Crippen molar-refractivity contribution in [2.24, 2.45) is 5.92 Å². The van der Waals surface area contributed by atoms with Gasteiger partial charge in [0, 0.05) is 24.4 Å². The van der Waals surface area contributed by atoms with E-state index in [1.807, 2.05) is 60.7 Å². The minimum absolute atomic E-state index is 0.0475. The third-order valence-electron chi connectivity index (χ3n) is 4.10. The maximum absolute atomic E-state index is 12.0. The summed E-state index contributed by atoms with van der Waals surface area (Å²) in [5, 5.41) is 8.89. The van der Waals surface area contributed by atoms with Gasteiger partial charge in [0.2, 0.25) is 11.8 Å². The molecule has 1 unspecified atom stereocenters. The normalized spacial score (nSPS) is 12.0. The lowest BCUT2D eigenvalue weighted by Gasteiger charge is -2.24. The van der Waals surface area contributed by atoms with E-state index < -0.39 is 0 Å². The van der Waals surface area contributed by atoms with Crippen molar-refractivity contribution < 1.29 is 9.59 Å². The second-order valence-corrected chi connectivity index (χ2v) is 6.63. The van der Waals surface area contributed by atoms with Crippen molar-refractivity contribution in [1.82, 2.24) is 10.6 Å². The maximum atomic E-state index is 12.0. The van der Waals surface area contributed by atoms with Crippen LogP contribution in [0.5, 0.6) is 0 Å². The van der Waals surface area contributed by atoms with Gasteiger partial charge in [-0.2, -0.15) is 0 Å². The standard InChI is InChI=1S/C22H27N3O2/c1-17(2)20(25-19-11-7-4-8-12-19)15-23-22(27)16-24-21(26)14-13-18-9-5-3-6-10-18/h3-14,17,20,25H,15-16H2,1-2H3,(H,23,27)(H,24,26)/b14-13+. The molecule has 2 aromatic carbocycles. The van der Waals surface area contributed by atoms with Crippen LogP contribution >= 0.6 is 0 Å². The van der Waals surface area contributed by atoms with E-state index in [9.17, 15) is 9.59 Å². The van der Waals surface area contributed by atoms with Gasteiger partial charge in [0.15, 0.2) is 0 Å². The number of hydrogen-bond donors (Lipinski definition) is 3. The van der Waals surface area contributed by atoms with Crippen LogP contribution in [-0.2, 0) is 9.59 Å². The largest absolute Gasteiger partial charge is 0.380 e. The van der Waals surface area contributed by atoms with Gasteiger partial charge < -0.3 is 16.0 Å². The van der Waals surface area contributed by atoms with E-state index in [4.69, 9.17) is 0 Å². The summed E-state index contributed by atoms with van der Waals surface area (Å²) in [5.74, 6) is -0.164. The zero-order valence-corrected chi connectivity index (χ0v) is 15.8. The molecule has 5 nitrogen and oxygen atoms in total. The van der Waals surface area contributed by atoms with Crippen molar-refractivity contribution in [2.45, 2.75) is 19.9 Å². The number of nitrogens with one attached hydrogen (secondary N) is 3. The number of hydrogen-bond acceptors (Lipinski definition) is 3. The Hall–Kier alpha value is -3.08. The highest BCUT2D eigenvalue weighted by Gasteiger charge is 2.14. The van der Waals surface area contributed by atoms with Gasteiger partial charge in [-0.1, -0.05) is 62.4 Å². The van der Waals surface area contributed by atoms with Gasteiger partial charge in [0.25, 0.3) is 0 Å². The molecule has 0 aliphatic rings. The highest BCUT2D eigenvalue weighted by Crippen LogP contribution is 2.11. The summed E-state index contributed by atoms with van der Waals surface area (Å²) in [7, 11) is 0. The molecule has 0 aliphatic carbocycles. The smallest absolute Gasteiger partial charge is 0.244 e. The molecular formula is C22H27N3O2. The lowest BCUT2D eigenvalue weighted by molar-refractivity contribution is -0.123. The molecule has 5 heteroatoms. The molecule has 0 heterocycles. The highest BCUT2D eigenvalue weighted by molar-refractivity contribution is 5.94. The molecule has 0 saturated heterocycles. The van der Waals surface area contributed by atoms with Gasteiger partial charge in [-0.25, -0.2) is 0 Å². The fourth-order valence-corrected chi connectivity index (χ4v) is 2.45. The van der Waals surface area contributed by atoms with Crippen LogP contribution in [0.25, 0.3) is 6.08 Å². The Morgan fingerprint density at radius 2 is 1.56 bits per heavy atom. The van der Waals surface area contributed by atoms with Gasteiger partial charge >= 0.3 is 0 Å². The summed E-state index contributed by atoms with van der Waals surface area (Å²) in [6.07, 6.45) is 3.14. The second kappa shape index (κ2) is 10.8. The van der Waals surface area contributed by atoms with E-state index in [-0.39, 0.29) is 24.4 Å². The quantitative estimate of drug-likeness (QED) is 0.598. The van der Waals surface area contributed by atoms with E-state index >= 15 is 0 Å². The molecule has 142 valence electrons. The molecular weight excluding hydrogens is 338 g/mol. The zero-order chi connectivity index (χ0) is 19.5. The van der Waals surface area contributed by atoms with Crippen LogP contribution in [0.3, 0.4) is 0 Å². The van der Waals surface area contributed by atoms with E-state index in [1.54, 1.807) is 6.08 Å². The molecule has 0 fully saturated rings. The van der Waals surface area contributed by atoms with Crippen LogP contribution in [0, 0.1) is 5.92 Å². The Kier molecular flexibility index (Phi) is 8.10. The fourth-order valence-electron chi connectivity index (χ4n) is 2.45. The van der Waals surface area contributed by atoms with Crippen molar-refractivity contribution >= 4 is 23.6 Å². The van der Waals surface area contributed by atoms with Gasteiger partial charge in [-0.3, -0.25) is 9.59 Å². The van der Waals surface area contributed by atoms with Crippen LogP contribution < -0.4 is 16.0 Å². The monoisotopic (exact) mass is 365 g/mol. The van der Waals surface area contributed by atoms with Crippen LogP contribution in [0.2, 0.25) is 0 Å². The SMILES string of the molecule is CC(C)C(CNC(=O)CNC(=O)/C=C/c1ccccc1)Nc1ccccc1. The molecule has 0 saturated carbocycles. The first-order chi connectivity index (χ1) is 13.0. The number of rotatable bonds is 9. The number of carbonyl (C=O) groups is 2. The van der Waals surface area contributed by atoms with Crippen molar-refractivity contribution in [3.8, 4) is 0 Å². The Labute approximate surface area is 160 Å². The lowest BCUT2D eigenvalue weighted by atomic mass is 10.0. The minimum atomic E-state index is -0.295. The van der Waals surface area contributed by atoms with E-state index in [0.717, 1.165) is 11.3 Å². The molecule has 1 atom stereocenters. The van der Waals surface area contributed by atoms with Crippen molar-refractivity contribution in [3.63, 3.8) is 0 Å². The summed E-state index contributed by atoms with van der Waals surface area (Å²) in [4.78, 5) is 23.8. The Bertz CT molecular complexity index is 743. The first-order valence-electron chi connectivity index (χ1n) is 9.14. The van der Waals surface area contributed by atoms with Crippen LogP contribution in [0.4, 0.5) is 5.69 Å². The van der Waals surface area contributed by atoms with Gasteiger partial charge in [0.1, 0.15) is 0 Å². The molecule has 2 aromatic rings. The maximum Gasteiger partial charge on any atom is 0.244 e. The van der Waals surface area contributed by atoms with Crippen LogP contribution in [0.1, 0.15) is 19.4 Å². The van der Waals surface area contributed by atoms with Gasteiger partial charge in [0.05, 0.1) is 6.54 Å². The first-order valence-corrected chi connectivity index (χ1v) is 9.14. The summed E-state index contributed by atoms with van der Waals surface area (Å²) in [6.45, 7) is 4.64. The third-order valence-corrected chi connectivity index (χ3v) is 4.10. The average Bonchev–Trinajstić information content (AvgIpc) is 2.69. The number of para-hydroxylation sites is 1. The minimum Gasteiger partial charge on any atom is -0.380 e. The fraction of sp³-hybridized carbons (Fsp3) is 0.273. The molecule has 0 spiro atoms. The molecule has 0 aromatic heterocycles. The highest BCUT2D eigenvalue weighted by atomic mass is 16.2. The average molecular weight is 365 g/mol. The van der Waals surface area contributed by atoms with Crippen LogP contribution in [-0.4, -0.2) is 30.9 Å². The second-order valence-electron chi connectivity index (χ2n) is 6.63. The molecule has 0 aliphatic heterocycles. The molecule has 3 N–H and O–H groups in total. The molecule has 0 bridgehead atoms. The molecule has 0 radical (unpaired) electrons. The zero-order valence-electron chi connectivity index (χ0n) is 15.8. The predicted molar refractivity (Wildman–Crippen MR) is 110 cm³/mol. The molecule has 27 heavy (non-hydrogen) atoms. The number of carbonyl (C=O) groups excluding carboxylic acids is 2. The number of amides is 2. The van der Waals surface area contributed by atoms with E-state index in [0.29, 0.717) is 12.5 Å². The number of benzene rings is 2. The summed E-state index contributed by atoms with van der Waals surface area (Å²) in [5.41, 5.74) is 1.95. The van der Waals surface area contributed by atoms with E-state index in [2.05, 4.69) is 29.8 Å². The molecule has 2 amide bonds. The predicted octanol–water partition coefficient (Wildman–Crippen LogP) is 3.07. The first kappa shape index (κ1) is 20.2. The van der Waals surface area contributed by atoms with Gasteiger partial charge in [-0.15, -0.1) is 0 Å². The summed E-state index contributed by atoms with van der Waals surface area (Å²) >= 11 is 0. The lowest BCUT2D eigenvalue weighted by Crippen LogP contribution is -2.43. The van der Waals surface area contributed by atoms with Crippen molar-refractivity contribution in [2.75, 3.05) is 18.4 Å². The van der Waals surface area contributed by atoms with Gasteiger partial charge in [-0.05, 0) is 29.7 Å². The van der Waals surface area contributed by atoms with Crippen molar-refractivity contribution in [3.05, 3.63) is 72.3 Å². The summed E-state index contributed by atoms with van der Waals surface area (Å²) < 4.78 is 0.